The molecule has 0 aromatic heterocycles. The highest BCUT2D eigenvalue weighted by molar-refractivity contribution is 5.78. The first kappa shape index (κ1) is 23.8. The fourth-order valence-electron chi connectivity index (χ4n) is 3.02. The summed E-state index contributed by atoms with van der Waals surface area (Å²) in [6, 6.07) is 0. The molecule has 2 heteroatoms. The van der Waals surface area contributed by atoms with Crippen molar-refractivity contribution in [3.05, 3.63) is 23.3 Å². The number of hydrogen-bond acceptors (Lipinski definition) is 2. The summed E-state index contributed by atoms with van der Waals surface area (Å²) in [5.41, 5.74) is 2.78. The summed E-state index contributed by atoms with van der Waals surface area (Å²) in [5, 5.41) is 0. The molecule has 0 bridgehead atoms. The Labute approximate surface area is 156 Å². The van der Waals surface area contributed by atoms with E-state index in [1.165, 1.54) is 43.3 Å². The third-order valence-corrected chi connectivity index (χ3v) is 4.79. The average molecular weight is 349 g/mol. The van der Waals surface area contributed by atoms with Crippen LogP contribution < -0.4 is 0 Å². The van der Waals surface area contributed by atoms with E-state index in [4.69, 9.17) is 0 Å². The van der Waals surface area contributed by atoms with Crippen molar-refractivity contribution in [2.45, 2.75) is 105 Å². The van der Waals surface area contributed by atoms with Crippen LogP contribution in [0.2, 0.25) is 0 Å². The van der Waals surface area contributed by atoms with Gasteiger partial charge in [-0.1, -0.05) is 61.8 Å². The Bertz CT molecular complexity index is 414. The smallest absolute Gasteiger partial charge is 0.133 e. The molecule has 0 N–H and O–H groups in total. The van der Waals surface area contributed by atoms with Crippen LogP contribution in [-0.4, -0.2) is 12.1 Å². The molecule has 0 radical (unpaired) electrons. The minimum absolute atomic E-state index is 0.200. The van der Waals surface area contributed by atoms with Gasteiger partial charge in [0.05, 0.1) is 0 Å². The van der Waals surface area contributed by atoms with E-state index in [9.17, 15) is 9.59 Å². The van der Waals surface area contributed by atoms with E-state index < -0.39 is 0 Å². The second-order valence-electron chi connectivity index (χ2n) is 7.63. The summed E-state index contributed by atoms with van der Waals surface area (Å²) in [4.78, 5) is 22.1. The van der Waals surface area contributed by atoms with Crippen molar-refractivity contribution in [2.24, 2.45) is 5.92 Å². The first-order valence-electron chi connectivity index (χ1n) is 10.2. The zero-order chi connectivity index (χ0) is 18.9. The number of carbonyl (C=O) groups excluding carboxylic acids is 2. The molecule has 0 aromatic carbocycles. The van der Waals surface area contributed by atoms with Crippen molar-refractivity contribution < 1.29 is 9.59 Å². The van der Waals surface area contributed by atoms with Gasteiger partial charge < -0.3 is 4.79 Å². The first-order chi connectivity index (χ1) is 12.0. The van der Waals surface area contributed by atoms with Crippen molar-refractivity contribution in [1.29, 1.82) is 0 Å². The molecule has 144 valence electrons. The number of hydrogen-bond donors (Lipinski definition) is 0. The minimum atomic E-state index is 0.200. The lowest BCUT2D eigenvalue weighted by molar-refractivity contribution is -0.120. The van der Waals surface area contributed by atoms with Gasteiger partial charge in [-0.05, 0) is 59.8 Å². The molecule has 0 saturated carbocycles. The lowest BCUT2D eigenvalue weighted by atomic mass is 9.92. The highest BCUT2D eigenvalue weighted by Crippen LogP contribution is 2.19. The quantitative estimate of drug-likeness (QED) is 0.171. The van der Waals surface area contributed by atoms with E-state index in [1.54, 1.807) is 6.92 Å². The molecule has 0 fully saturated rings. The van der Waals surface area contributed by atoms with Gasteiger partial charge in [0.25, 0.3) is 0 Å². The molecule has 25 heavy (non-hydrogen) atoms. The van der Waals surface area contributed by atoms with E-state index >= 15 is 0 Å². The fraction of sp³-hybridized carbons (Fsp3) is 0.739. The van der Waals surface area contributed by atoms with E-state index in [0.717, 1.165) is 44.8 Å². The van der Waals surface area contributed by atoms with Gasteiger partial charge in [-0.3, -0.25) is 4.79 Å². The molecular weight excluding hydrogens is 308 g/mol. The van der Waals surface area contributed by atoms with Crippen LogP contribution >= 0.6 is 0 Å². The monoisotopic (exact) mass is 348 g/mol. The van der Waals surface area contributed by atoms with Crippen molar-refractivity contribution >= 4 is 12.1 Å². The molecule has 0 aromatic rings. The summed E-state index contributed by atoms with van der Waals surface area (Å²) in [6.07, 6.45) is 18.7. The predicted molar refractivity (Wildman–Crippen MR) is 109 cm³/mol. The van der Waals surface area contributed by atoms with E-state index in [-0.39, 0.29) is 5.92 Å². The molecule has 1 unspecified atom stereocenters. The summed E-state index contributed by atoms with van der Waals surface area (Å²) < 4.78 is 0. The van der Waals surface area contributed by atoms with Gasteiger partial charge in [0.1, 0.15) is 12.1 Å². The Hall–Kier alpha value is -1.18. The van der Waals surface area contributed by atoms with Crippen molar-refractivity contribution in [3.63, 3.8) is 0 Å². The maximum Gasteiger partial charge on any atom is 0.133 e. The van der Waals surface area contributed by atoms with Gasteiger partial charge in [-0.25, -0.2) is 0 Å². The summed E-state index contributed by atoms with van der Waals surface area (Å²) in [7, 11) is 0. The average Bonchev–Trinajstić information content (AvgIpc) is 2.55. The standard InChI is InChI=1S/C23H40O2/c1-20(2)14-13-15-21(3)17-18-23(22(4)25)16-11-9-7-5-6-8-10-12-19-24/h14,17,19,23H,5-13,15-16,18H2,1-4H3/b21-17+. The van der Waals surface area contributed by atoms with Crippen LogP contribution in [0.4, 0.5) is 0 Å². The SMILES string of the molecule is CC(=O)C(C/C=C(\C)CCC=C(C)C)CCCCCCCCCC=O. The van der Waals surface area contributed by atoms with Crippen LogP contribution in [0, 0.1) is 5.92 Å². The molecule has 0 aliphatic carbocycles. The third kappa shape index (κ3) is 16.1. The highest BCUT2D eigenvalue weighted by Gasteiger charge is 2.12. The molecular formula is C23H40O2. The van der Waals surface area contributed by atoms with E-state index in [0.29, 0.717) is 12.2 Å². The Morgan fingerprint density at radius 2 is 1.40 bits per heavy atom. The molecule has 0 aliphatic rings. The van der Waals surface area contributed by atoms with Gasteiger partial charge >= 0.3 is 0 Å². The van der Waals surface area contributed by atoms with Gasteiger partial charge in [0, 0.05) is 12.3 Å². The number of aldehydes is 1. The highest BCUT2D eigenvalue weighted by atomic mass is 16.1. The van der Waals surface area contributed by atoms with Crippen molar-refractivity contribution in [3.8, 4) is 0 Å². The van der Waals surface area contributed by atoms with Gasteiger partial charge in [-0.2, -0.15) is 0 Å². The largest absolute Gasteiger partial charge is 0.303 e. The number of allylic oxidation sites excluding steroid dienone is 4. The number of carbonyl (C=O) groups is 2. The van der Waals surface area contributed by atoms with E-state index in [2.05, 4.69) is 32.9 Å². The molecule has 0 aliphatic heterocycles. The Kier molecular flexibility index (Phi) is 15.5. The van der Waals surface area contributed by atoms with E-state index in [1.807, 2.05) is 0 Å². The first-order valence-corrected chi connectivity index (χ1v) is 10.2. The zero-order valence-corrected chi connectivity index (χ0v) is 17.1. The summed E-state index contributed by atoms with van der Waals surface area (Å²) >= 11 is 0. The summed E-state index contributed by atoms with van der Waals surface area (Å²) in [5.74, 6) is 0.535. The molecule has 1 atom stereocenters. The maximum absolute atomic E-state index is 11.9. The number of Topliss-reactive ketones (excluding diaryl/α,β-unsaturated/α-hetero) is 1. The minimum Gasteiger partial charge on any atom is -0.303 e. The molecule has 0 amide bonds. The molecule has 2 nitrogen and oxygen atoms in total. The Balaban J connectivity index is 3.89. The van der Waals surface area contributed by atoms with Gasteiger partial charge in [0.2, 0.25) is 0 Å². The van der Waals surface area contributed by atoms with Crippen molar-refractivity contribution in [2.75, 3.05) is 0 Å². The normalized spacial score (nSPS) is 12.7. The Morgan fingerprint density at radius 3 is 1.96 bits per heavy atom. The van der Waals surface area contributed by atoms with Crippen LogP contribution in [0.15, 0.2) is 23.3 Å². The third-order valence-electron chi connectivity index (χ3n) is 4.79. The number of rotatable bonds is 16. The fourth-order valence-corrected chi connectivity index (χ4v) is 3.02. The van der Waals surface area contributed by atoms with Crippen molar-refractivity contribution in [1.82, 2.24) is 0 Å². The maximum atomic E-state index is 11.9. The lowest BCUT2D eigenvalue weighted by Gasteiger charge is -2.12. The van der Waals surface area contributed by atoms with Crippen LogP contribution in [0.3, 0.4) is 0 Å². The second kappa shape index (κ2) is 16.3. The number of unbranched alkanes of at least 4 members (excludes halogenated alkanes) is 7. The molecule has 0 saturated heterocycles. The lowest BCUT2D eigenvalue weighted by Crippen LogP contribution is -2.10. The van der Waals surface area contributed by atoms with Crippen LogP contribution in [0.25, 0.3) is 0 Å². The van der Waals surface area contributed by atoms with Crippen LogP contribution in [0.1, 0.15) is 105 Å². The van der Waals surface area contributed by atoms with Gasteiger partial charge in [-0.15, -0.1) is 0 Å². The topological polar surface area (TPSA) is 34.1 Å². The van der Waals surface area contributed by atoms with Crippen LogP contribution in [-0.2, 0) is 9.59 Å². The molecule has 0 heterocycles. The summed E-state index contributed by atoms with van der Waals surface area (Å²) in [6.45, 7) is 8.19. The molecule has 0 rings (SSSR count). The Morgan fingerprint density at radius 1 is 0.800 bits per heavy atom. The van der Waals surface area contributed by atoms with Gasteiger partial charge in [0.15, 0.2) is 0 Å². The second-order valence-corrected chi connectivity index (χ2v) is 7.63. The van der Waals surface area contributed by atoms with Crippen LogP contribution in [0.5, 0.6) is 0 Å². The number of ketones is 1. The predicted octanol–water partition coefficient (Wildman–Crippen LogP) is 6.98. The molecule has 0 spiro atoms. The zero-order valence-electron chi connectivity index (χ0n) is 17.1.